The van der Waals surface area contributed by atoms with Crippen LogP contribution >= 0.6 is 0 Å². The Kier molecular flexibility index (Phi) is 3.93. The topological polar surface area (TPSA) is 21.3 Å². The Morgan fingerprint density at radius 2 is 2.00 bits per heavy atom. The first-order valence-corrected chi connectivity index (χ1v) is 7.37. The van der Waals surface area contributed by atoms with Crippen LogP contribution in [0.4, 0.5) is 4.39 Å². The third-order valence-electron chi connectivity index (χ3n) is 3.98. The fraction of sp³-hybridized carbons (Fsp3) is 0.333. The van der Waals surface area contributed by atoms with E-state index in [1.165, 1.54) is 23.3 Å². The lowest BCUT2D eigenvalue weighted by atomic mass is 10.1. The van der Waals surface area contributed by atoms with E-state index in [1.807, 2.05) is 18.2 Å². The van der Waals surface area contributed by atoms with Gasteiger partial charge in [0.1, 0.15) is 17.7 Å². The van der Waals surface area contributed by atoms with Gasteiger partial charge in [-0.25, -0.2) is 4.39 Å². The molecule has 21 heavy (non-hydrogen) atoms. The van der Waals surface area contributed by atoms with E-state index in [2.05, 4.69) is 31.3 Å². The zero-order valence-corrected chi connectivity index (χ0v) is 12.4. The fourth-order valence-electron chi connectivity index (χ4n) is 2.74. The fourth-order valence-corrected chi connectivity index (χ4v) is 2.74. The Morgan fingerprint density at radius 1 is 1.24 bits per heavy atom. The van der Waals surface area contributed by atoms with Gasteiger partial charge in [-0.3, -0.25) is 0 Å². The van der Waals surface area contributed by atoms with Crippen LogP contribution in [0.25, 0.3) is 0 Å². The minimum absolute atomic E-state index is 0.171. The number of nitrogens with one attached hydrogen (secondary N) is 1. The zero-order chi connectivity index (χ0) is 14.8. The van der Waals surface area contributed by atoms with E-state index in [9.17, 15) is 4.39 Å². The summed E-state index contributed by atoms with van der Waals surface area (Å²) >= 11 is 0. The van der Waals surface area contributed by atoms with Crippen molar-refractivity contribution in [3.8, 4) is 5.75 Å². The number of aryl methyl sites for hydroxylation is 1. The maximum Gasteiger partial charge on any atom is 0.123 e. The molecule has 2 aromatic rings. The summed E-state index contributed by atoms with van der Waals surface area (Å²) in [4.78, 5) is 0. The molecule has 2 nitrogen and oxygen atoms in total. The highest BCUT2D eigenvalue weighted by Crippen LogP contribution is 2.29. The summed E-state index contributed by atoms with van der Waals surface area (Å²) in [5.74, 6) is 0.803. The van der Waals surface area contributed by atoms with Gasteiger partial charge in [-0.05, 0) is 43.2 Å². The van der Waals surface area contributed by atoms with Crippen molar-refractivity contribution in [3.05, 3.63) is 65.0 Å². The standard InChI is InChI=1S/C18H20FNO/c1-12-3-8-18-15(9-12)10-17(21-18)11-20-13(2)14-4-6-16(19)7-5-14/h3-9,13,17,20H,10-11H2,1-2H3. The molecule has 3 rings (SSSR count). The lowest BCUT2D eigenvalue weighted by Crippen LogP contribution is -2.31. The lowest BCUT2D eigenvalue weighted by molar-refractivity contribution is 0.222. The van der Waals surface area contributed by atoms with Crippen LogP contribution in [0.15, 0.2) is 42.5 Å². The third kappa shape index (κ3) is 3.24. The van der Waals surface area contributed by atoms with Gasteiger partial charge in [-0.1, -0.05) is 29.8 Å². The van der Waals surface area contributed by atoms with Gasteiger partial charge < -0.3 is 10.1 Å². The molecule has 0 spiro atoms. The number of ether oxygens (including phenoxy) is 1. The van der Waals surface area contributed by atoms with Gasteiger partial charge in [0.25, 0.3) is 0 Å². The Labute approximate surface area is 125 Å². The number of benzene rings is 2. The van der Waals surface area contributed by atoms with Gasteiger partial charge in [0.2, 0.25) is 0 Å². The van der Waals surface area contributed by atoms with Crippen LogP contribution in [0, 0.1) is 12.7 Å². The number of hydrogen-bond donors (Lipinski definition) is 1. The first-order valence-electron chi connectivity index (χ1n) is 7.37. The van der Waals surface area contributed by atoms with Crippen molar-refractivity contribution in [1.29, 1.82) is 0 Å². The van der Waals surface area contributed by atoms with Crippen molar-refractivity contribution in [2.75, 3.05) is 6.54 Å². The first-order chi connectivity index (χ1) is 10.1. The third-order valence-corrected chi connectivity index (χ3v) is 3.98. The van der Waals surface area contributed by atoms with E-state index >= 15 is 0 Å². The van der Waals surface area contributed by atoms with Crippen LogP contribution in [0.2, 0.25) is 0 Å². The summed E-state index contributed by atoms with van der Waals surface area (Å²) in [7, 11) is 0. The van der Waals surface area contributed by atoms with Gasteiger partial charge >= 0.3 is 0 Å². The SMILES string of the molecule is Cc1ccc2c(c1)CC(CNC(C)c1ccc(F)cc1)O2. The Bertz CT molecular complexity index is 624. The highest BCUT2D eigenvalue weighted by atomic mass is 19.1. The average Bonchev–Trinajstić information content (AvgIpc) is 2.87. The molecule has 0 saturated carbocycles. The molecule has 1 aliphatic rings. The Hall–Kier alpha value is -1.87. The van der Waals surface area contributed by atoms with Gasteiger partial charge in [0, 0.05) is 19.0 Å². The van der Waals surface area contributed by atoms with E-state index in [4.69, 9.17) is 4.74 Å². The van der Waals surface area contributed by atoms with Crippen LogP contribution in [0.1, 0.15) is 29.7 Å². The molecule has 1 heterocycles. The molecular weight excluding hydrogens is 265 g/mol. The second-order valence-corrected chi connectivity index (χ2v) is 5.74. The molecule has 0 fully saturated rings. The summed E-state index contributed by atoms with van der Waals surface area (Å²) in [5, 5.41) is 3.46. The van der Waals surface area contributed by atoms with Crippen LogP contribution in [-0.2, 0) is 6.42 Å². The van der Waals surface area contributed by atoms with Crippen LogP contribution < -0.4 is 10.1 Å². The van der Waals surface area contributed by atoms with Crippen molar-refractivity contribution in [3.63, 3.8) is 0 Å². The highest BCUT2D eigenvalue weighted by Gasteiger charge is 2.23. The van der Waals surface area contributed by atoms with E-state index in [0.29, 0.717) is 0 Å². The minimum Gasteiger partial charge on any atom is -0.488 e. The predicted octanol–water partition coefficient (Wildman–Crippen LogP) is 3.79. The zero-order valence-electron chi connectivity index (χ0n) is 12.4. The normalized spacial score (nSPS) is 18.1. The maximum absolute atomic E-state index is 12.9. The quantitative estimate of drug-likeness (QED) is 0.923. The number of fused-ring (bicyclic) bond motifs is 1. The molecule has 0 bridgehead atoms. The minimum atomic E-state index is -0.198. The summed E-state index contributed by atoms with van der Waals surface area (Å²) in [6.07, 6.45) is 1.12. The summed E-state index contributed by atoms with van der Waals surface area (Å²) in [5.41, 5.74) is 3.64. The van der Waals surface area contributed by atoms with Crippen LogP contribution in [0.3, 0.4) is 0 Å². The van der Waals surface area contributed by atoms with Crippen molar-refractivity contribution in [2.45, 2.75) is 32.4 Å². The Morgan fingerprint density at radius 3 is 2.76 bits per heavy atom. The highest BCUT2D eigenvalue weighted by molar-refractivity contribution is 5.40. The molecule has 1 aliphatic heterocycles. The van der Waals surface area contributed by atoms with Gasteiger partial charge in [0.05, 0.1) is 0 Å². The molecule has 0 amide bonds. The summed E-state index contributed by atoms with van der Waals surface area (Å²) < 4.78 is 18.9. The summed E-state index contributed by atoms with van der Waals surface area (Å²) in [6.45, 7) is 4.97. The van der Waals surface area contributed by atoms with Crippen molar-refractivity contribution >= 4 is 0 Å². The van der Waals surface area contributed by atoms with E-state index < -0.39 is 0 Å². The lowest BCUT2D eigenvalue weighted by Gasteiger charge is -2.17. The van der Waals surface area contributed by atoms with E-state index in [-0.39, 0.29) is 18.0 Å². The van der Waals surface area contributed by atoms with E-state index in [0.717, 1.165) is 24.3 Å². The van der Waals surface area contributed by atoms with Crippen LogP contribution in [0.5, 0.6) is 5.75 Å². The van der Waals surface area contributed by atoms with Gasteiger partial charge in [-0.15, -0.1) is 0 Å². The molecule has 0 radical (unpaired) electrons. The van der Waals surface area contributed by atoms with E-state index in [1.54, 1.807) is 0 Å². The number of halogens is 1. The van der Waals surface area contributed by atoms with Crippen molar-refractivity contribution in [2.24, 2.45) is 0 Å². The predicted molar refractivity (Wildman–Crippen MR) is 82.1 cm³/mol. The molecule has 0 aliphatic carbocycles. The molecule has 110 valence electrons. The first kappa shape index (κ1) is 14.1. The molecular formula is C18H20FNO. The molecule has 0 saturated heterocycles. The molecule has 3 heteroatoms. The number of hydrogen-bond acceptors (Lipinski definition) is 2. The smallest absolute Gasteiger partial charge is 0.123 e. The second kappa shape index (κ2) is 5.86. The molecule has 0 aromatic heterocycles. The van der Waals surface area contributed by atoms with Crippen LogP contribution in [-0.4, -0.2) is 12.6 Å². The molecule has 1 N–H and O–H groups in total. The van der Waals surface area contributed by atoms with Gasteiger partial charge in [-0.2, -0.15) is 0 Å². The molecule has 2 aromatic carbocycles. The number of rotatable bonds is 4. The average molecular weight is 285 g/mol. The van der Waals surface area contributed by atoms with Gasteiger partial charge in [0.15, 0.2) is 0 Å². The maximum atomic E-state index is 12.9. The Balaban J connectivity index is 1.56. The largest absolute Gasteiger partial charge is 0.488 e. The van der Waals surface area contributed by atoms with Crippen molar-refractivity contribution in [1.82, 2.24) is 5.32 Å². The summed E-state index contributed by atoms with van der Waals surface area (Å²) in [6, 6.07) is 13.1. The second-order valence-electron chi connectivity index (χ2n) is 5.74. The molecule has 2 atom stereocenters. The monoisotopic (exact) mass is 285 g/mol. The van der Waals surface area contributed by atoms with Crippen molar-refractivity contribution < 1.29 is 9.13 Å². The molecule has 2 unspecified atom stereocenters.